The summed E-state index contributed by atoms with van der Waals surface area (Å²) >= 11 is 6.22. The molecular weight excluding hydrogens is 560 g/mol. The Morgan fingerprint density at radius 3 is 2.69 bits per heavy atom. The van der Waals surface area contributed by atoms with Crippen molar-refractivity contribution < 1.29 is 8.78 Å². The lowest BCUT2D eigenvalue weighted by molar-refractivity contribution is 0.537. The van der Waals surface area contributed by atoms with Gasteiger partial charge in [-0.1, -0.05) is 29.8 Å². The van der Waals surface area contributed by atoms with Gasteiger partial charge in [0.25, 0.3) is 0 Å². The van der Waals surface area contributed by atoms with Crippen molar-refractivity contribution in [1.29, 1.82) is 5.41 Å². The van der Waals surface area contributed by atoms with Crippen LogP contribution in [0.3, 0.4) is 0 Å². The Balaban J connectivity index is 1.49. The van der Waals surface area contributed by atoms with Gasteiger partial charge in [-0.15, -0.1) is 6.58 Å². The summed E-state index contributed by atoms with van der Waals surface area (Å²) in [5.74, 6) is -0.672. The second-order valence-electron chi connectivity index (χ2n) is 10.4. The number of nitrogens with one attached hydrogen (secondary N) is 4. The normalized spacial score (nSPS) is 12.8. The molecule has 2 heterocycles. The molecule has 0 aliphatic heterocycles. The highest BCUT2D eigenvalue weighted by atomic mass is 35.5. The number of fused-ring (bicyclic) bond motifs is 1. The van der Waals surface area contributed by atoms with Crippen molar-refractivity contribution >= 4 is 28.5 Å². The average molecular weight is 596 g/mol. The second-order valence-corrected chi connectivity index (χ2v) is 10.8. The van der Waals surface area contributed by atoms with Crippen molar-refractivity contribution in [2.75, 3.05) is 13.2 Å². The third kappa shape index (κ3) is 7.90. The molecule has 2 aromatic heterocycles. The molecule has 11 heteroatoms. The van der Waals surface area contributed by atoms with E-state index in [2.05, 4.69) is 27.2 Å². The molecule has 0 fully saturated rings. The molecule has 0 spiro atoms. The lowest BCUT2D eigenvalue weighted by Crippen LogP contribution is -2.33. The number of amidine groups is 1. The van der Waals surface area contributed by atoms with Gasteiger partial charge in [0, 0.05) is 42.3 Å². The molecule has 0 radical (unpaired) electrons. The average Bonchev–Trinajstić information content (AvgIpc) is 3.38. The van der Waals surface area contributed by atoms with E-state index in [4.69, 9.17) is 22.7 Å². The van der Waals surface area contributed by atoms with Crippen LogP contribution in [-0.4, -0.2) is 45.7 Å². The minimum atomic E-state index is -0.813. The smallest absolute Gasteiger partial charge is 0.354 e. The van der Waals surface area contributed by atoms with Gasteiger partial charge in [-0.3, -0.25) is 9.98 Å². The maximum Gasteiger partial charge on any atom is 0.354 e. The van der Waals surface area contributed by atoms with E-state index in [1.54, 1.807) is 30.5 Å². The summed E-state index contributed by atoms with van der Waals surface area (Å²) in [4.78, 5) is 20.2. The van der Waals surface area contributed by atoms with Gasteiger partial charge < -0.3 is 21.4 Å². The SMILES string of the molecule is C=C[C@@H](CCNC(=N)CF)NCc1ccc(-n2cc3cc(-c4cc(CCC[C@H](C)N)cc(Cl)c4F)[nH]c3nc2=O)cc1. The molecule has 0 bridgehead atoms. The van der Waals surface area contributed by atoms with E-state index in [1.807, 2.05) is 31.2 Å². The highest BCUT2D eigenvalue weighted by Crippen LogP contribution is 2.31. The number of benzene rings is 2. The second kappa shape index (κ2) is 14.4. The molecule has 0 saturated carbocycles. The number of aromatic nitrogens is 3. The van der Waals surface area contributed by atoms with Crippen molar-refractivity contribution in [3.63, 3.8) is 0 Å². The zero-order valence-corrected chi connectivity index (χ0v) is 24.3. The van der Waals surface area contributed by atoms with Crippen LogP contribution in [0.5, 0.6) is 0 Å². The standard InChI is InChI=1S/C31H36ClF2N7O/c1-3-23(11-12-37-28(36)16-33)38-17-20-7-9-24(10-8-20)41-18-22-15-27(39-30(22)40-31(41)42)25-13-21(6-4-5-19(2)35)14-26(32)29(25)34/h3,7-10,13-15,18-19,23,38H,1,4-6,11-12,16-17,35H2,2H3,(H2,36,37)(H,39,40,42)/t19-,23-/m0/s1. The predicted molar refractivity (Wildman–Crippen MR) is 166 cm³/mol. The first-order chi connectivity index (χ1) is 20.2. The first-order valence-corrected chi connectivity index (χ1v) is 14.2. The fourth-order valence-electron chi connectivity index (χ4n) is 4.69. The van der Waals surface area contributed by atoms with E-state index in [0.717, 1.165) is 30.4 Å². The Morgan fingerprint density at radius 2 is 2.00 bits per heavy atom. The van der Waals surface area contributed by atoms with Crippen LogP contribution in [-0.2, 0) is 13.0 Å². The number of hydrogen-bond donors (Lipinski definition) is 5. The first-order valence-electron chi connectivity index (χ1n) is 13.9. The van der Waals surface area contributed by atoms with Crippen LogP contribution in [0.4, 0.5) is 8.78 Å². The van der Waals surface area contributed by atoms with Gasteiger partial charge in [0.2, 0.25) is 0 Å². The number of H-pyrrole nitrogens is 1. The number of nitrogens with two attached hydrogens (primary N) is 1. The predicted octanol–water partition coefficient (Wildman–Crippen LogP) is 5.41. The monoisotopic (exact) mass is 595 g/mol. The van der Waals surface area contributed by atoms with Crippen LogP contribution in [0.15, 0.2) is 66.1 Å². The fraction of sp³-hybridized carbons (Fsp3) is 0.323. The number of nitrogens with zero attached hydrogens (tertiary/aromatic N) is 2. The van der Waals surface area contributed by atoms with Gasteiger partial charge in [-0.25, -0.2) is 13.6 Å². The van der Waals surface area contributed by atoms with Gasteiger partial charge in [-0.2, -0.15) is 4.98 Å². The van der Waals surface area contributed by atoms with E-state index in [9.17, 15) is 9.18 Å². The van der Waals surface area contributed by atoms with E-state index >= 15 is 4.39 Å². The molecule has 6 N–H and O–H groups in total. The molecule has 8 nitrogen and oxygen atoms in total. The number of halogens is 3. The maximum atomic E-state index is 15.1. The molecule has 2 atom stereocenters. The van der Waals surface area contributed by atoms with Crippen LogP contribution in [0.25, 0.3) is 28.0 Å². The molecule has 0 aliphatic carbocycles. The Kier molecular flexibility index (Phi) is 10.6. The Hall–Kier alpha value is -3.86. The maximum absolute atomic E-state index is 15.1. The van der Waals surface area contributed by atoms with Crippen molar-refractivity contribution in [2.24, 2.45) is 5.73 Å². The van der Waals surface area contributed by atoms with Gasteiger partial charge in [0.1, 0.15) is 18.2 Å². The number of alkyl halides is 1. The molecular formula is C31H36ClF2N7O. The van der Waals surface area contributed by atoms with Crippen molar-refractivity contribution in [2.45, 2.75) is 51.2 Å². The Morgan fingerprint density at radius 1 is 1.24 bits per heavy atom. The molecule has 42 heavy (non-hydrogen) atoms. The van der Waals surface area contributed by atoms with Crippen molar-refractivity contribution in [1.82, 2.24) is 25.2 Å². The molecule has 4 aromatic rings. The zero-order chi connectivity index (χ0) is 30.2. The lowest BCUT2D eigenvalue weighted by Gasteiger charge is -2.16. The third-order valence-electron chi connectivity index (χ3n) is 7.01. The summed E-state index contributed by atoms with van der Waals surface area (Å²) in [5, 5.41) is 14.1. The molecule has 0 amide bonds. The third-order valence-corrected chi connectivity index (χ3v) is 7.28. The number of aryl methyl sites for hydroxylation is 1. The highest BCUT2D eigenvalue weighted by molar-refractivity contribution is 6.31. The van der Waals surface area contributed by atoms with Crippen LogP contribution in [0.1, 0.15) is 37.3 Å². The van der Waals surface area contributed by atoms with Crippen LogP contribution >= 0.6 is 11.6 Å². The summed E-state index contributed by atoms with van der Waals surface area (Å²) in [6.45, 7) is 6.00. The molecule has 222 valence electrons. The minimum Gasteiger partial charge on any atom is -0.372 e. The summed E-state index contributed by atoms with van der Waals surface area (Å²) in [6, 6.07) is 12.7. The van der Waals surface area contributed by atoms with Crippen LogP contribution in [0, 0.1) is 11.2 Å². The Labute approximate surface area is 248 Å². The van der Waals surface area contributed by atoms with Gasteiger partial charge in [0.15, 0.2) is 5.82 Å². The van der Waals surface area contributed by atoms with E-state index < -0.39 is 18.2 Å². The number of aromatic amines is 1. The van der Waals surface area contributed by atoms with Crippen LogP contribution in [0.2, 0.25) is 5.02 Å². The molecule has 4 rings (SSSR count). The van der Waals surface area contributed by atoms with E-state index in [1.165, 1.54) is 4.57 Å². The molecule has 0 unspecified atom stereocenters. The highest BCUT2D eigenvalue weighted by Gasteiger charge is 2.16. The summed E-state index contributed by atoms with van der Waals surface area (Å²) in [5.41, 5.74) is 9.09. The first kappa shape index (κ1) is 31.1. The molecule has 2 aromatic carbocycles. The minimum absolute atomic E-state index is 0.0170. The Bertz CT molecular complexity index is 1600. The summed E-state index contributed by atoms with van der Waals surface area (Å²) in [6.07, 6.45) is 6.55. The summed E-state index contributed by atoms with van der Waals surface area (Å²) < 4.78 is 28.9. The van der Waals surface area contributed by atoms with E-state index in [-0.39, 0.29) is 22.9 Å². The summed E-state index contributed by atoms with van der Waals surface area (Å²) in [7, 11) is 0. The largest absolute Gasteiger partial charge is 0.372 e. The van der Waals surface area contributed by atoms with Gasteiger partial charge >= 0.3 is 5.69 Å². The van der Waals surface area contributed by atoms with Gasteiger partial charge in [0.05, 0.1) is 16.4 Å². The molecule has 0 aliphatic rings. The zero-order valence-electron chi connectivity index (χ0n) is 23.5. The number of rotatable bonds is 14. The number of hydrogen-bond acceptors (Lipinski definition) is 5. The topological polar surface area (TPSA) is 125 Å². The van der Waals surface area contributed by atoms with Gasteiger partial charge in [-0.05, 0) is 74.1 Å². The van der Waals surface area contributed by atoms with Crippen LogP contribution < -0.4 is 22.1 Å². The molecule has 0 saturated heterocycles. The fourth-order valence-corrected chi connectivity index (χ4v) is 4.93. The van der Waals surface area contributed by atoms with Crippen molar-refractivity contribution in [3.05, 3.63) is 93.8 Å². The quantitative estimate of drug-likeness (QED) is 0.0757. The lowest BCUT2D eigenvalue weighted by atomic mass is 10.0. The van der Waals surface area contributed by atoms with Crippen molar-refractivity contribution in [3.8, 4) is 16.9 Å². The van der Waals surface area contributed by atoms with E-state index in [0.29, 0.717) is 47.5 Å².